The van der Waals surface area contributed by atoms with E-state index < -0.39 is 5.97 Å². The van der Waals surface area contributed by atoms with Crippen LogP contribution >= 0.6 is 0 Å². The van der Waals surface area contributed by atoms with Crippen LogP contribution in [0.5, 0.6) is 0 Å². The monoisotopic (exact) mass is 276 g/mol. The molecule has 2 unspecified atom stereocenters. The molecule has 1 aromatic carbocycles. The molecule has 20 heavy (non-hydrogen) atoms. The van der Waals surface area contributed by atoms with E-state index in [0.717, 1.165) is 24.3 Å². The van der Waals surface area contributed by atoms with Crippen LogP contribution in [0.15, 0.2) is 24.3 Å². The summed E-state index contributed by atoms with van der Waals surface area (Å²) in [4.78, 5) is 24.2. The summed E-state index contributed by atoms with van der Waals surface area (Å²) in [5.41, 5.74) is 1.90. The molecule has 0 aliphatic carbocycles. The lowest BCUT2D eigenvalue weighted by molar-refractivity contribution is -0.142. The zero-order valence-corrected chi connectivity index (χ0v) is 11.8. The van der Waals surface area contributed by atoms with E-state index in [-0.39, 0.29) is 17.9 Å². The van der Waals surface area contributed by atoms with Crippen LogP contribution in [0.4, 0.5) is 5.69 Å². The Bertz CT molecular complexity index is 498. The van der Waals surface area contributed by atoms with Gasteiger partial charge in [-0.3, -0.25) is 14.5 Å². The molecule has 1 aromatic rings. The number of rotatable bonds is 4. The predicted molar refractivity (Wildman–Crippen MR) is 76.4 cm³/mol. The van der Waals surface area contributed by atoms with Crippen molar-refractivity contribution in [2.75, 3.05) is 11.9 Å². The fraction of sp³-hybridized carbons (Fsp3) is 0.467. The lowest BCUT2D eigenvalue weighted by atomic mass is 10.0. The van der Waals surface area contributed by atoms with Gasteiger partial charge in [0.25, 0.3) is 0 Å². The van der Waals surface area contributed by atoms with Gasteiger partial charge in [-0.2, -0.15) is 0 Å². The summed E-state index contributed by atoms with van der Waals surface area (Å²) in [6.45, 7) is 5.00. The van der Waals surface area contributed by atoms with E-state index in [0.29, 0.717) is 6.42 Å². The first kappa shape index (κ1) is 14.5. The van der Waals surface area contributed by atoms with Crippen LogP contribution in [-0.2, 0) is 16.1 Å². The topological polar surface area (TPSA) is 69.6 Å². The molecule has 1 heterocycles. The molecule has 0 aromatic heterocycles. The number of carboxylic acid groups (broad SMARTS) is 1. The highest BCUT2D eigenvalue weighted by atomic mass is 16.4. The quantitative estimate of drug-likeness (QED) is 0.881. The Balaban J connectivity index is 1.97. The van der Waals surface area contributed by atoms with Crippen LogP contribution in [0, 0.1) is 5.92 Å². The van der Waals surface area contributed by atoms with Crippen molar-refractivity contribution < 1.29 is 14.7 Å². The summed E-state index contributed by atoms with van der Waals surface area (Å²) < 4.78 is 0. The molecule has 2 atom stereocenters. The van der Waals surface area contributed by atoms with Gasteiger partial charge >= 0.3 is 5.97 Å². The van der Waals surface area contributed by atoms with Crippen LogP contribution in [0.1, 0.15) is 25.8 Å². The third kappa shape index (κ3) is 3.36. The fourth-order valence-electron chi connectivity index (χ4n) is 2.69. The van der Waals surface area contributed by atoms with Gasteiger partial charge in [0.05, 0.1) is 5.92 Å². The number of nitrogens with one attached hydrogen (secondary N) is 1. The Hall–Kier alpha value is -1.88. The Morgan fingerprint density at radius 3 is 2.50 bits per heavy atom. The second-order valence-electron chi connectivity index (χ2n) is 5.32. The van der Waals surface area contributed by atoms with Gasteiger partial charge in [-0.05, 0) is 37.6 Å². The van der Waals surface area contributed by atoms with E-state index in [1.807, 2.05) is 31.2 Å². The molecule has 1 aliphatic rings. The molecule has 5 heteroatoms. The number of anilines is 1. The maximum atomic E-state index is 11.1. The van der Waals surface area contributed by atoms with Crippen molar-refractivity contribution in [3.8, 4) is 0 Å². The molecular formula is C15H20N2O3. The van der Waals surface area contributed by atoms with Crippen molar-refractivity contribution >= 4 is 17.6 Å². The number of carboxylic acids is 1. The SMILES string of the molecule is CC(=O)Nc1ccc(CN2CCC(C(=O)O)C2C)cc1. The number of hydrogen-bond acceptors (Lipinski definition) is 3. The largest absolute Gasteiger partial charge is 0.481 e. The van der Waals surface area contributed by atoms with Crippen LogP contribution < -0.4 is 5.32 Å². The molecule has 2 rings (SSSR count). The molecular weight excluding hydrogens is 256 g/mol. The van der Waals surface area contributed by atoms with Crippen molar-refractivity contribution in [3.63, 3.8) is 0 Å². The number of likely N-dealkylation sites (tertiary alicyclic amines) is 1. The Morgan fingerprint density at radius 2 is 2.00 bits per heavy atom. The number of carbonyl (C=O) groups is 2. The molecule has 108 valence electrons. The molecule has 1 amide bonds. The first-order valence-electron chi connectivity index (χ1n) is 6.81. The molecule has 5 nitrogen and oxygen atoms in total. The number of amides is 1. The minimum Gasteiger partial charge on any atom is -0.481 e. The van der Waals surface area contributed by atoms with Crippen LogP contribution in [-0.4, -0.2) is 34.5 Å². The van der Waals surface area contributed by atoms with E-state index in [4.69, 9.17) is 5.11 Å². The predicted octanol–water partition coefficient (Wildman–Crippen LogP) is 1.94. The van der Waals surface area contributed by atoms with E-state index in [2.05, 4.69) is 10.2 Å². The zero-order valence-electron chi connectivity index (χ0n) is 11.8. The van der Waals surface area contributed by atoms with Crippen LogP contribution in [0.25, 0.3) is 0 Å². The van der Waals surface area contributed by atoms with E-state index >= 15 is 0 Å². The maximum absolute atomic E-state index is 11.1. The molecule has 1 saturated heterocycles. The van der Waals surface area contributed by atoms with Gasteiger partial charge in [0, 0.05) is 25.2 Å². The zero-order chi connectivity index (χ0) is 14.7. The second-order valence-corrected chi connectivity index (χ2v) is 5.32. The van der Waals surface area contributed by atoms with Crippen molar-refractivity contribution in [2.24, 2.45) is 5.92 Å². The molecule has 0 spiro atoms. The number of aliphatic carboxylic acids is 1. The van der Waals surface area contributed by atoms with Gasteiger partial charge < -0.3 is 10.4 Å². The number of hydrogen-bond donors (Lipinski definition) is 2. The number of benzene rings is 1. The molecule has 1 fully saturated rings. The highest BCUT2D eigenvalue weighted by Gasteiger charge is 2.35. The average Bonchev–Trinajstić information content (AvgIpc) is 2.73. The number of nitrogens with zero attached hydrogens (tertiary/aromatic N) is 1. The maximum Gasteiger partial charge on any atom is 0.308 e. The van der Waals surface area contributed by atoms with Crippen molar-refractivity contribution in [2.45, 2.75) is 32.9 Å². The molecule has 1 aliphatic heterocycles. The summed E-state index contributed by atoms with van der Waals surface area (Å²) in [7, 11) is 0. The van der Waals surface area contributed by atoms with Gasteiger partial charge in [0.15, 0.2) is 0 Å². The van der Waals surface area contributed by atoms with Gasteiger partial charge in [-0.15, -0.1) is 0 Å². The second kappa shape index (κ2) is 6.05. The minimum absolute atomic E-state index is 0.0579. The van der Waals surface area contributed by atoms with Crippen LogP contribution in [0.3, 0.4) is 0 Å². The first-order chi connectivity index (χ1) is 9.47. The summed E-state index contributed by atoms with van der Waals surface area (Å²) in [5.74, 6) is -1.06. The van der Waals surface area contributed by atoms with E-state index in [1.165, 1.54) is 6.92 Å². The molecule has 0 bridgehead atoms. The smallest absolute Gasteiger partial charge is 0.308 e. The summed E-state index contributed by atoms with van der Waals surface area (Å²) >= 11 is 0. The van der Waals surface area contributed by atoms with Gasteiger partial charge in [0.2, 0.25) is 5.91 Å². The minimum atomic E-state index is -0.707. The van der Waals surface area contributed by atoms with Crippen molar-refractivity contribution in [3.05, 3.63) is 29.8 Å². The number of carbonyl (C=O) groups excluding carboxylic acids is 1. The summed E-state index contributed by atoms with van der Waals surface area (Å²) in [5, 5.41) is 11.8. The first-order valence-corrected chi connectivity index (χ1v) is 6.81. The molecule has 0 radical (unpaired) electrons. The highest BCUT2D eigenvalue weighted by molar-refractivity contribution is 5.88. The van der Waals surface area contributed by atoms with E-state index in [9.17, 15) is 9.59 Å². The summed E-state index contributed by atoms with van der Waals surface area (Å²) in [6.07, 6.45) is 0.709. The van der Waals surface area contributed by atoms with Crippen molar-refractivity contribution in [1.82, 2.24) is 4.90 Å². The lowest BCUT2D eigenvalue weighted by Gasteiger charge is -2.23. The fourth-order valence-corrected chi connectivity index (χ4v) is 2.69. The third-order valence-corrected chi connectivity index (χ3v) is 3.86. The Labute approximate surface area is 118 Å². The molecule has 0 saturated carbocycles. The van der Waals surface area contributed by atoms with E-state index in [1.54, 1.807) is 0 Å². The standard InChI is InChI=1S/C15H20N2O3/c1-10-14(15(19)20)7-8-17(10)9-12-3-5-13(6-4-12)16-11(2)18/h3-6,10,14H,7-9H2,1-2H3,(H,16,18)(H,19,20). The Morgan fingerprint density at radius 1 is 1.35 bits per heavy atom. The van der Waals surface area contributed by atoms with Crippen molar-refractivity contribution in [1.29, 1.82) is 0 Å². The summed E-state index contributed by atoms with van der Waals surface area (Å²) in [6, 6.07) is 7.72. The van der Waals surface area contributed by atoms with Crippen LogP contribution in [0.2, 0.25) is 0 Å². The van der Waals surface area contributed by atoms with Gasteiger partial charge in [0.1, 0.15) is 0 Å². The molecule has 2 N–H and O–H groups in total. The normalized spacial score (nSPS) is 22.7. The third-order valence-electron chi connectivity index (χ3n) is 3.86. The van der Waals surface area contributed by atoms with Gasteiger partial charge in [-0.1, -0.05) is 12.1 Å². The lowest BCUT2D eigenvalue weighted by Crippen LogP contribution is -2.32. The Kier molecular flexibility index (Phi) is 4.39. The highest BCUT2D eigenvalue weighted by Crippen LogP contribution is 2.26. The average molecular weight is 276 g/mol. The van der Waals surface area contributed by atoms with Gasteiger partial charge in [-0.25, -0.2) is 0 Å².